The van der Waals surface area contributed by atoms with Crippen LogP contribution in [-0.4, -0.2) is 33.1 Å². The van der Waals surface area contributed by atoms with Crippen molar-refractivity contribution in [2.75, 3.05) is 28.1 Å². The van der Waals surface area contributed by atoms with E-state index >= 15 is 0 Å². The molecule has 0 saturated heterocycles. The van der Waals surface area contributed by atoms with Crippen LogP contribution in [0.5, 0.6) is 17.2 Å². The largest absolute Gasteiger partial charge is 0.493 e. The van der Waals surface area contributed by atoms with Crippen molar-refractivity contribution in [1.29, 1.82) is 0 Å². The minimum atomic E-state index is 0.0989. The zero-order valence-corrected chi connectivity index (χ0v) is 14.1. The van der Waals surface area contributed by atoms with Gasteiger partial charge in [0.2, 0.25) is 5.89 Å². The second-order valence-corrected chi connectivity index (χ2v) is 5.19. The van der Waals surface area contributed by atoms with Gasteiger partial charge in [-0.2, -0.15) is 0 Å². The fourth-order valence-corrected chi connectivity index (χ4v) is 2.47. The molecule has 2 aromatic carbocycles. The van der Waals surface area contributed by atoms with Gasteiger partial charge in [-0.15, -0.1) is 0 Å². The molecule has 0 fully saturated rings. The van der Waals surface area contributed by atoms with Crippen LogP contribution in [0.15, 0.2) is 34.7 Å². The van der Waals surface area contributed by atoms with Crippen LogP contribution in [0.25, 0.3) is 22.6 Å². The zero-order chi connectivity index (χ0) is 17.1. The van der Waals surface area contributed by atoms with E-state index in [0.717, 1.165) is 16.7 Å². The van der Waals surface area contributed by atoms with Gasteiger partial charge in [0.25, 0.3) is 0 Å². The Morgan fingerprint density at radius 1 is 1.00 bits per heavy atom. The summed E-state index contributed by atoms with van der Waals surface area (Å²) in [7, 11) is 4.71. The highest BCUT2D eigenvalue weighted by atomic mass is 16.7. The third kappa shape index (κ3) is 2.88. The van der Waals surface area contributed by atoms with Crippen molar-refractivity contribution in [3.8, 4) is 28.7 Å². The van der Waals surface area contributed by atoms with Gasteiger partial charge in [0, 0.05) is 19.2 Å². The fourth-order valence-electron chi connectivity index (χ4n) is 2.47. The Morgan fingerprint density at radius 3 is 2.42 bits per heavy atom. The molecule has 3 aromatic rings. The van der Waals surface area contributed by atoms with Crippen molar-refractivity contribution in [2.24, 2.45) is 0 Å². The average Bonchev–Trinajstić information content (AvgIpc) is 3.04. The Hall–Kier alpha value is -2.73. The van der Waals surface area contributed by atoms with Crippen LogP contribution in [0.4, 0.5) is 0 Å². The lowest BCUT2D eigenvalue weighted by atomic mass is 10.1. The van der Waals surface area contributed by atoms with Crippen molar-refractivity contribution >= 4 is 11.1 Å². The van der Waals surface area contributed by atoms with E-state index in [1.54, 1.807) is 33.5 Å². The summed E-state index contributed by atoms with van der Waals surface area (Å²) in [4.78, 5) is 4.60. The number of oxazole rings is 1. The third-order valence-corrected chi connectivity index (χ3v) is 3.67. The summed E-state index contributed by atoms with van der Waals surface area (Å²) in [6.45, 7) is 2.09. The summed E-state index contributed by atoms with van der Waals surface area (Å²) < 4.78 is 27.3. The highest BCUT2D eigenvalue weighted by Gasteiger charge is 2.19. The highest BCUT2D eigenvalue weighted by Crippen LogP contribution is 2.40. The number of aryl methyl sites for hydroxylation is 1. The highest BCUT2D eigenvalue weighted by molar-refractivity contribution is 5.81. The van der Waals surface area contributed by atoms with Crippen LogP contribution in [-0.2, 0) is 4.74 Å². The maximum Gasteiger partial charge on any atom is 0.231 e. The molecule has 0 unspecified atom stereocenters. The van der Waals surface area contributed by atoms with Crippen LogP contribution >= 0.6 is 0 Å². The first-order chi connectivity index (χ1) is 11.7. The van der Waals surface area contributed by atoms with Crippen LogP contribution in [0.1, 0.15) is 5.56 Å². The van der Waals surface area contributed by atoms with Crippen LogP contribution in [0.2, 0.25) is 0 Å². The van der Waals surface area contributed by atoms with Crippen molar-refractivity contribution in [3.63, 3.8) is 0 Å². The lowest BCUT2D eigenvalue weighted by Gasteiger charge is -2.13. The van der Waals surface area contributed by atoms with Gasteiger partial charge in [-0.05, 0) is 18.6 Å². The molecule has 0 bridgehead atoms. The first-order valence-corrected chi connectivity index (χ1v) is 7.42. The minimum Gasteiger partial charge on any atom is -0.493 e. The molecular weight excluding hydrogens is 310 g/mol. The van der Waals surface area contributed by atoms with Crippen LogP contribution in [0.3, 0.4) is 0 Å². The molecule has 1 heterocycles. The zero-order valence-electron chi connectivity index (χ0n) is 14.1. The maximum atomic E-state index is 5.90. The van der Waals surface area contributed by atoms with Gasteiger partial charge in [-0.3, -0.25) is 0 Å². The summed E-state index contributed by atoms with van der Waals surface area (Å²) >= 11 is 0. The number of methoxy groups -OCH3 is 3. The molecule has 0 amide bonds. The number of hydrogen-bond donors (Lipinski definition) is 0. The molecule has 0 saturated carbocycles. The first kappa shape index (κ1) is 16.1. The smallest absolute Gasteiger partial charge is 0.231 e. The van der Waals surface area contributed by atoms with Crippen molar-refractivity contribution in [1.82, 2.24) is 4.98 Å². The number of ether oxygens (including phenoxy) is 4. The van der Waals surface area contributed by atoms with Crippen molar-refractivity contribution in [3.05, 3.63) is 35.9 Å². The van der Waals surface area contributed by atoms with E-state index in [9.17, 15) is 0 Å². The third-order valence-electron chi connectivity index (χ3n) is 3.67. The molecule has 6 nitrogen and oxygen atoms in total. The van der Waals surface area contributed by atoms with Gasteiger partial charge in [0.05, 0.1) is 19.8 Å². The fraction of sp³-hybridized carbons (Fsp3) is 0.278. The normalized spacial score (nSPS) is 10.8. The van der Waals surface area contributed by atoms with Gasteiger partial charge in [0.1, 0.15) is 11.3 Å². The number of rotatable bonds is 6. The lowest BCUT2D eigenvalue weighted by Crippen LogP contribution is -2.02. The molecule has 0 spiro atoms. The van der Waals surface area contributed by atoms with Gasteiger partial charge in [0.15, 0.2) is 23.9 Å². The van der Waals surface area contributed by atoms with Crippen LogP contribution in [0, 0.1) is 6.92 Å². The number of fused-ring (bicyclic) bond motifs is 1. The Labute approximate surface area is 139 Å². The molecular formula is C18H19NO5. The Morgan fingerprint density at radius 2 is 1.75 bits per heavy atom. The lowest BCUT2D eigenvalue weighted by molar-refractivity contribution is 0.0512. The SMILES string of the molecule is COCOc1cc(OC)c(OC)cc1-c1nc2c(C)cccc2o1. The molecule has 24 heavy (non-hydrogen) atoms. The van der Waals surface area contributed by atoms with Gasteiger partial charge >= 0.3 is 0 Å². The van der Waals surface area contributed by atoms with Gasteiger partial charge in [-0.25, -0.2) is 4.98 Å². The topological polar surface area (TPSA) is 63.0 Å². The van der Waals surface area contributed by atoms with Crippen molar-refractivity contribution < 1.29 is 23.4 Å². The number of benzene rings is 2. The van der Waals surface area contributed by atoms with E-state index < -0.39 is 0 Å². The molecule has 3 rings (SSSR count). The van der Waals surface area contributed by atoms with E-state index in [4.69, 9.17) is 23.4 Å². The van der Waals surface area contributed by atoms with Gasteiger partial charge < -0.3 is 23.4 Å². The number of nitrogens with zero attached hydrogens (tertiary/aromatic N) is 1. The molecule has 6 heteroatoms. The quantitative estimate of drug-likeness (QED) is 0.641. The molecule has 0 radical (unpaired) electrons. The molecule has 0 aliphatic heterocycles. The molecule has 126 valence electrons. The van der Waals surface area contributed by atoms with Crippen LogP contribution < -0.4 is 14.2 Å². The molecule has 0 atom stereocenters. The standard InChI is InChI=1S/C18H19NO5/c1-11-6-5-7-13-17(11)19-18(24-13)12-8-15(21-3)16(22-4)9-14(12)23-10-20-2/h5-9H,10H2,1-4H3. The number of para-hydroxylation sites is 1. The number of hydrogen-bond acceptors (Lipinski definition) is 6. The Balaban J connectivity index is 2.17. The van der Waals surface area contributed by atoms with E-state index in [1.165, 1.54) is 0 Å². The summed E-state index contributed by atoms with van der Waals surface area (Å²) in [5, 5.41) is 0. The Bertz CT molecular complexity index is 856. The predicted octanol–water partition coefficient (Wildman–Crippen LogP) is 3.80. The average molecular weight is 329 g/mol. The van der Waals surface area contributed by atoms with E-state index in [-0.39, 0.29) is 6.79 Å². The Kier molecular flexibility index (Phi) is 4.57. The molecule has 1 aromatic heterocycles. The minimum absolute atomic E-state index is 0.0989. The second-order valence-electron chi connectivity index (χ2n) is 5.19. The summed E-state index contributed by atoms with van der Waals surface area (Å²) in [5.41, 5.74) is 3.25. The molecule has 0 N–H and O–H groups in total. The second kappa shape index (κ2) is 6.80. The maximum absolute atomic E-state index is 5.90. The summed E-state index contributed by atoms with van der Waals surface area (Å²) in [6.07, 6.45) is 0. The summed E-state index contributed by atoms with van der Waals surface area (Å²) in [5.74, 6) is 2.11. The predicted molar refractivity (Wildman–Crippen MR) is 89.8 cm³/mol. The number of aromatic nitrogens is 1. The summed E-state index contributed by atoms with van der Waals surface area (Å²) in [6, 6.07) is 9.32. The van der Waals surface area contributed by atoms with Gasteiger partial charge in [-0.1, -0.05) is 12.1 Å². The molecule has 0 aliphatic carbocycles. The van der Waals surface area contributed by atoms with E-state index in [0.29, 0.717) is 28.7 Å². The monoisotopic (exact) mass is 329 g/mol. The molecule has 0 aliphatic rings. The van der Waals surface area contributed by atoms with E-state index in [1.807, 2.05) is 25.1 Å². The first-order valence-electron chi connectivity index (χ1n) is 7.42. The van der Waals surface area contributed by atoms with Crippen molar-refractivity contribution in [2.45, 2.75) is 6.92 Å². The van der Waals surface area contributed by atoms with E-state index in [2.05, 4.69) is 4.98 Å².